The Morgan fingerprint density at radius 3 is 2.65 bits per heavy atom. The number of nitrogens with zero attached hydrogens (tertiary/aromatic N) is 1. The van der Waals surface area contributed by atoms with Gasteiger partial charge < -0.3 is 0 Å². The van der Waals surface area contributed by atoms with E-state index in [1.54, 1.807) is 6.07 Å². The molecule has 0 aliphatic carbocycles. The Labute approximate surface area is 104 Å². The number of aromatic amines is 1. The number of halogens is 1. The van der Waals surface area contributed by atoms with E-state index in [2.05, 4.69) is 10.2 Å². The van der Waals surface area contributed by atoms with Gasteiger partial charge in [0.25, 0.3) is 5.56 Å². The fourth-order valence-electron chi connectivity index (χ4n) is 1.96. The highest BCUT2D eigenvalue weighted by Gasteiger charge is 2.24. The van der Waals surface area contributed by atoms with Crippen LogP contribution in [0.3, 0.4) is 0 Å². The van der Waals surface area contributed by atoms with Crippen molar-refractivity contribution in [3.8, 4) is 0 Å². The number of H-pyrrole nitrogens is 1. The summed E-state index contributed by atoms with van der Waals surface area (Å²) in [7, 11) is -2.83. The molecule has 7 heteroatoms. The zero-order valence-corrected chi connectivity index (χ0v) is 10.7. The molecule has 0 unspecified atom stereocenters. The summed E-state index contributed by atoms with van der Waals surface area (Å²) in [4.78, 5) is 11.0. The average molecular weight is 277 g/mol. The van der Waals surface area contributed by atoms with Crippen LogP contribution in [0.1, 0.15) is 18.5 Å². The Balaban J connectivity index is 2.02. The minimum absolute atomic E-state index is 0.124. The number of sulfone groups is 1. The van der Waals surface area contributed by atoms with Crippen molar-refractivity contribution in [1.82, 2.24) is 10.2 Å². The van der Waals surface area contributed by atoms with Crippen LogP contribution in [-0.2, 0) is 16.3 Å². The Morgan fingerprint density at radius 1 is 1.41 bits per heavy atom. The van der Waals surface area contributed by atoms with Gasteiger partial charge >= 0.3 is 0 Å². The van der Waals surface area contributed by atoms with E-state index in [1.807, 2.05) is 0 Å². The minimum Gasteiger partial charge on any atom is -0.266 e. The molecule has 1 aromatic heterocycles. The Hall–Kier alpha value is -0.880. The third-order valence-corrected chi connectivity index (χ3v) is 4.98. The van der Waals surface area contributed by atoms with Crippen LogP contribution in [0.15, 0.2) is 10.9 Å². The van der Waals surface area contributed by atoms with Gasteiger partial charge in [0.05, 0.1) is 17.2 Å². The van der Waals surface area contributed by atoms with Crippen LogP contribution >= 0.6 is 11.6 Å². The van der Waals surface area contributed by atoms with Crippen LogP contribution in [0, 0.1) is 5.92 Å². The molecule has 1 fully saturated rings. The first-order chi connectivity index (χ1) is 7.96. The third-order valence-electron chi connectivity index (χ3n) is 2.98. The van der Waals surface area contributed by atoms with Gasteiger partial charge in [-0.15, -0.1) is 0 Å². The lowest BCUT2D eigenvalue weighted by Gasteiger charge is -2.21. The van der Waals surface area contributed by atoms with Crippen LogP contribution in [0.2, 0.25) is 5.02 Å². The quantitative estimate of drug-likeness (QED) is 0.866. The molecule has 0 amide bonds. The second-order valence-corrected chi connectivity index (χ2v) is 7.05. The number of aromatic nitrogens is 2. The Bertz CT molecular complexity index is 553. The molecule has 1 N–H and O–H groups in total. The van der Waals surface area contributed by atoms with E-state index in [0.29, 0.717) is 30.9 Å². The predicted octanol–water partition coefficient (Wildman–Crippen LogP) is 0.791. The first-order valence-electron chi connectivity index (χ1n) is 5.41. The van der Waals surface area contributed by atoms with E-state index in [1.165, 1.54) is 0 Å². The Morgan fingerprint density at radius 2 is 2.06 bits per heavy atom. The summed E-state index contributed by atoms with van der Waals surface area (Å²) in [6, 6.07) is 1.55. The van der Waals surface area contributed by atoms with Gasteiger partial charge in [0, 0.05) is 0 Å². The fraction of sp³-hybridized carbons (Fsp3) is 0.600. The molecule has 0 radical (unpaired) electrons. The summed E-state index contributed by atoms with van der Waals surface area (Å²) < 4.78 is 22.5. The first-order valence-corrected chi connectivity index (χ1v) is 7.61. The molecule has 1 aromatic rings. The maximum atomic E-state index is 11.3. The average Bonchev–Trinajstić information content (AvgIpc) is 2.27. The van der Waals surface area contributed by atoms with Crippen molar-refractivity contribution < 1.29 is 8.42 Å². The lowest BCUT2D eigenvalue weighted by atomic mass is 9.97. The van der Waals surface area contributed by atoms with Gasteiger partial charge in [-0.2, -0.15) is 5.10 Å². The van der Waals surface area contributed by atoms with Crippen molar-refractivity contribution in [2.45, 2.75) is 19.3 Å². The highest BCUT2D eigenvalue weighted by Crippen LogP contribution is 2.22. The summed E-state index contributed by atoms with van der Waals surface area (Å²) in [6.07, 6.45) is 1.97. The topological polar surface area (TPSA) is 79.9 Å². The normalized spacial score (nSPS) is 20.3. The summed E-state index contributed by atoms with van der Waals surface area (Å²) >= 11 is 5.70. The molecule has 0 aromatic carbocycles. The highest BCUT2D eigenvalue weighted by molar-refractivity contribution is 7.91. The summed E-state index contributed by atoms with van der Waals surface area (Å²) in [6.45, 7) is 0. The summed E-state index contributed by atoms with van der Waals surface area (Å²) in [5.74, 6) is 0.789. The SMILES string of the molecule is O=c1[nH]nc(CC2CCS(=O)(=O)CC2)cc1Cl. The van der Waals surface area contributed by atoms with E-state index >= 15 is 0 Å². The maximum absolute atomic E-state index is 11.3. The van der Waals surface area contributed by atoms with E-state index in [4.69, 9.17) is 11.6 Å². The van der Waals surface area contributed by atoms with Gasteiger partial charge in [-0.25, -0.2) is 13.5 Å². The van der Waals surface area contributed by atoms with Crippen molar-refractivity contribution in [2.24, 2.45) is 5.92 Å². The number of nitrogens with one attached hydrogen (secondary N) is 1. The zero-order valence-electron chi connectivity index (χ0n) is 9.15. The van der Waals surface area contributed by atoms with Gasteiger partial charge in [0.2, 0.25) is 0 Å². The van der Waals surface area contributed by atoms with Crippen LogP contribution < -0.4 is 5.56 Å². The summed E-state index contributed by atoms with van der Waals surface area (Å²) in [5, 5.41) is 6.34. The molecular formula is C10H13ClN2O3S. The monoisotopic (exact) mass is 276 g/mol. The molecule has 2 heterocycles. The lowest BCUT2D eigenvalue weighted by molar-refractivity contribution is 0.457. The standard InChI is InChI=1S/C10H13ClN2O3S/c11-9-6-8(12-13-10(9)14)5-7-1-3-17(15,16)4-2-7/h6-7H,1-5H2,(H,13,14). The fourth-order valence-corrected chi connectivity index (χ4v) is 3.72. The molecule has 0 spiro atoms. The molecule has 0 atom stereocenters. The molecule has 1 aliphatic heterocycles. The number of hydrogen-bond acceptors (Lipinski definition) is 4. The second-order valence-electron chi connectivity index (χ2n) is 4.34. The van der Waals surface area contributed by atoms with Crippen molar-refractivity contribution >= 4 is 21.4 Å². The van der Waals surface area contributed by atoms with Crippen LogP contribution in [0.4, 0.5) is 0 Å². The number of rotatable bonds is 2. The van der Waals surface area contributed by atoms with Crippen molar-refractivity contribution in [1.29, 1.82) is 0 Å². The molecular weight excluding hydrogens is 264 g/mol. The van der Waals surface area contributed by atoms with Crippen LogP contribution in [0.5, 0.6) is 0 Å². The smallest absolute Gasteiger partial charge is 0.266 e. The van der Waals surface area contributed by atoms with Crippen molar-refractivity contribution in [2.75, 3.05) is 11.5 Å². The summed E-state index contributed by atoms with van der Waals surface area (Å²) in [5.41, 5.74) is 0.306. The molecule has 5 nitrogen and oxygen atoms in total. The molecule has 17 heavy (non-hydrogen) atoms. The van der Waals surface area contributed by atoms with Gasteiger partial charge in [0.15, 0.2) is 0 Å². The largest absolute Gasteiger partial charge is 0.282 e. The van der Waals surface area contributed by atoms with Gasteiger partial charge in [-0.1, -0.05) is 11.6 Å². The second kappa shape index (κ2) is 4.78. The maximum Gasteiger partial charge on any atom is 0.282 e. The van der Waals surface area contributed by atoms with Crippen LogP contribution in [-0.4, -0.2) is 30.1 Å². The molecule has 0 saturated carbocycles. The van der Waals surface area contributed by atoms with E-state index in [-0.39, 0.29) is 16.5 Å². The van der Waals surface area contributed by atoms with Crippen LogP contribution in [0.25, 0.3) is 0 Å². The van der Waals surface area contributed by atoms with Crippen molar-refractivity contribution in [3.63, 3.8) is 0 Å². The molecule has 1 saturated heterocycles. The predicted molar refractivity (Wildman–Crippen MR) is 64.9 cm³/mol. The molecule has 1 aliphatic rings. The van der Waals surface area contributed by atoms with Gasteiger partial charge in [-0.05, 0) is 31.2 Å². The van der Waals surface area contributed by atoms with Gasteiger partial charge in [-0.3, -0.25) is 4.79 Å². The minimum atomic E-state index is -2.83. The zero-order chi connectivity index (χ0) is 12.5. The molecule has 94 valence electrons. The lowest BCUT2D eigenvalue weighted by Crippen LogP contribution is -2.25. The van der Waals surface area contributed by atoms with E-state index in [9.17, 15) is 13.2 Å². The van der Waals surface area contributed by atoms with E-state index < -0.39 is 15.4 Å². The molecule has 0 bridgehead atoms. The third kappa shape index (κ3) is 3.29. The Kier molecular flexibility index (Phi) is 3.53. The number of hydrogen-bond donors (Lipinski definition) is 1. The van der Waals surface area contributed by atoms with Gasteiger partial charge in [0.1, 0.15) is 14.9 Å². The first kappa shape index (κ1) is 12.6. The molecule has 2 rings (SSSR count). The van der Waals surface area contributed by atoms with E-state index in [0.717, 1.165) is 0 Å². The van der Waals surface area contributed by atoms with Crippen molar-refractivity contribution in [3.05, 3.63) is 27.1 Å². The highest BCUT2D eigenvalue weighted by atomic mass is 35.5.